The van der Waals surface area contributed by atoms with Crippen molar-refractivity contribution >= 4 is 119 Å². The molecule has 0 bridgehead atoms. The standard InChI is InChI=1S/C42H27N5.2C36H22N4S/c1-5-13-29(14-6-1)39-44-40(30-15-7-2-8-16-30)46-41(45-39)33-23-25-35-32(27-33)22-21-28-24-26-36-38(37(28)35)43-42(31-17-9-3-10-18-31)47(36)34-19-11-4-12-20-34;1-4-12-23(13-5-1)33-38-34(24-14-6-2-7-15-24)40-35(39-33)29-22-26-20-21-30-32(31(26)28-19-11-10-18-27(28)29)41-36(37-30)25-16-8-3-9-17-25;1-4-10-25(11-5-1)33-38-34(26-12-6-2-7-13-26)40-35(39-33)28-19-17-23-16-18-24-20-21-30-32(31(24)29(23)22-28)41-36(37-30)27-14-8-3-9-15-27/h1-27H;2*1-22H. The molecule has 25 aromatic rings. The van der Waals surface area contributed by atoms with Gasteiger partial charge in [0.15, 0.2) is 52.4 Å². The Morgan fingerprint density at radius 3 is 0.969 bits per heavy atom. The van der Waals surface area contributed by atoms with Gasteiger partial charge in [-0.2, -0.15) is 0 Å². The van der Waals surface area contributed by atoms with E-state index in [2.05, 4.69) is 229 Å². The predicted octanol–water partition coefficient (Wildman–Crippen LogP) is 29.1. The summed E-state index contributed by atoms with van der Waals surface area (Å²) in [6.45, 7) is 0. The minimum atomic E-state index is 0.637. The molecule has 15 heteroatoms. The zero-order chi connectivity index (χ0) is 85.5. The van der Waals surface area contributed by atoms with Crippen LogP contribution in [0.2, 0.25) is 0 Å². The monoisotopic (exact) mass is 1690 g/mol. The van der Waals surface area contributed by atoms with Crippen molar-refractivity contribution in [2.24, 2.45) is 0 Å². The van der Waals surface area contributed by atoms with Gasteiger partial charge in [-0.15, -0.1) is 22.7 Å². The molecular weight excluding hydrogens is 1620 g/mol. The first-order chi connectivity index (χ1) is 63.9. The Morgan fingerprint density at radius 2 is 0.512 bits per heavy atom. The average Bonchev–Trinajstić information content (AvgIpc) is 1.61. The molecule has 0 aliphatic rings. The van der Waals surface area contributed by atoms with Crippen LogP contribution >= 0.6 is 22.7 Å². The number of imidazole rings is 1. The molecule has 6 aromatic heterocycles. The Kier molecular flexibility index (Phi) is 20.0. The summed E-state index contributed by atoms with van der Waals surface area (Å²) in [4.78, 5) is 59.8. The lowest BCUT2D eigenvalue weighted by molar-refractivity contribution is 1.07. The number of thiazole rings is 2. The van der Waals surface area contributed by atoms with Crippen molar-refractivity contribution in [3.8, 4) is 141 Å². The van der Waals surface area contributed by atoms with Gasteiger partial charge in [-0.05, 0) is 97.0 Å². The summed E-state index contributed by atoms with van der Waals surface area (Å²) in [7, 11) is 0. The number of fused-ring (bicyclic) bond motifs is 15. The van der Waals surface area contributed by atoms with E-state index in [9.17, 15) is 0 Å². The van der Waals surface area contributed by atoms with Gasteiger partial charge in [0, 0.05) is 88.6 Å². The number of rotatable bonds is 13. The van der Waals surface area contributed by atoms with E-state index >= 15 is 0 Å². The second kappa shape index (κ2) is 33.6. The third-order valence-corrected chi connectivity index (χ3v) is 25.6. The fourth-order valence-corrected chi connectivity index (χ4v) is 19.4. The first kappa shape index (κ1) is 76.9. The van der Waals surface area contributed by atoms with Crippen LogP contribution in [0.25, 0.3) is 237 Å². The number of aromatic nitrogens is 13. The zero-order valence-electron chi connectivity index (χ0n) is 69.1. The molecule has 0 spiro atoms. The van der Waals surface area contributed by atoms with Crippen LogP contribution < -0.4 is 0 Å². The maximum absolute atomic E-state index is 5.34. The lowest BCUT2D eigenvalue weighted by Crippen LogP contribution is -2.00. The first-order valence-electron chi connectivity index (χ1n) is 42.6. The van der Waals surface area contributed by atoms with E-state index < -0.39 is 0 Å². The van der Waals surface area contributed by atoms with Crippen molar-refractivity contribution in [1.82, 2.24) is 64.4 Å². The average molecular weight is 1690 g/mol. The summed E-state index contributed by atoms with van der Waals surface area (Å²) in [5, 5.41) is 15.9. The van der Waals surface area contributed by atoms with Crippen molar-refractivity contribution in [3.05, 3.63) is 431 Å². The summed E-state index contributed by atoms with van der Waals surface area (Å²) in [5.74, 6) is 6.79. The van der Waals surface area contributed by atoms with E-state index in [0.717, 1.165) is 153 Å². The number of hydrogen-bond acceptors (Lipinski definition) is 14. The Balaban J connectivity index is 0.000000111. The highest BCUT2D eigenvalue weighted by Gasteiger charge is 2.24. The maximum Gasteiger partial charge on any atom is 0.164 e. The molecule has 0 aliphatic heterocycles. The van der Waals surface area contributed by atoms with E-state index in [-0.39, 0.29) is 0 Å². The number of para-hydroxylation sites is 1. The minimum Gasteiger partial charge on any atom is -0.292 e. The van der Waals surface area contributed by atoms with Crippen LogP contribution in [0.3, 0.4) is 0 Å². The lowest BCUT2D eigenvalue weighted by atomic mass is 9.96. The smallest absolute Gasteiger partial charge is 0.164 e. The third-order valence-electron chi connectivity index (χ3n) is 23.3. The molecule has 604 valence electrons. The Labute approximate surface area is 749 Å². The van der Waals surface area contributed by atoms with E-state index in [1.165, 1.54) is 30.9 Å². The molecule has 0 saturated carbocycles. The van der Waals surface area contributed by atoms with E-state index in [0.29, 0.717) is 52.4 Å². The number of benzene rings is 19. The molecule has 0 aliphatic carbocycles. The van der Waals surface area contributed by atoms with Crippen LogP contribution in [0.4, 0.5) is 0 Å². The topological polar surface area (TPSA) is 160 Å². The summed E-state index contributed by atoms with van der Waals surface area (Å²) >= 11 is 3.49. The van der Waals surface area contributed by atoms with Gasteiger partial charge in [-0.3, -0.25) is 4.57 Å². The van der Waals surface area contributed by atoms with Crippen LogP contribution in [-0.4, -0.2) is 64.4 Å². The molecule has 129 heavy (non-hydrogen) atoms. The second-order valence-electron chi connectivity index (χ2n) is 31.4. The summed E-state index contributed by atoms with van der Waals surface area (Å²) in [5.41, 5.74) is 17.1. The summed E-state index contributed by atoms with van der Waals surface area (Å²) in [6.07, 6.45) is 0. The normalized spacial score (nSPS) is 11.4. The van der Waals surface area contributed by atoms with E-state index in [1.54, 1.807) is 22.7 Å². The first-order valence-corrected chi connectivity index (χ1v) is 44.3. The molecule has 0 amide bonds. The fourth-order valence-electron chi connectivity index (χ4n) is 17.1. The highest BCUT2D eigenvalue weighted by Crippen LogP contribution is 2.45. The Bertz CT molecular complexity index is 8250. The van der Waals surface area contributed by atoms with Crippen LogP contribution in [0.1, 0.15) is 0 Å². The Hall–Kier alpha value is -17.0. The maximum atomic E-state index is 5.34. The third kappa shape index (κ3) is 15.0. The SMILES string of the molecule is c1ccc(-c2nc(-c3ccccc3)nc(-c3cc4ccc5nc(-c6ccccc6)sc5c4c4ccccc34)n2)cc1.c1ccc(-c2nc(-c3ccccc3)nc(-c3ccc4c(ccc5ccc6c(nc(-c7ccccc7)n6-c6ccccc6)c54)c3)n2)cc1.c1ccc(-c2nc(-c3ccccc3)nc(-c3ccc4ccc5ccc6nc(-c7ccccc7)sc6c5c4c3)n2)cc1. The molecule has 0 saturated heterocycles. The van der Waals surface area contributed by atoms with Gasteiger partial charge in [-0.25, -0.2) is 59.8 Å². The van der Waals surface area contributed by atoms with Crippen molar-refractivity contribution < 1.29 is 0 Å². The van der Waals surface area contributed by atoms with Gasteiger partial charge >= 0.3 is 0 Å². The molecule has 13 nitrogen and oxygen atoms in total. The van der Waals surface area contributed by atoms with Gasteiger partial charge in [0.05, 0.1) is 31.5 Å². The van der Waals surface area contributed by atoms with Crippen LogP contribution in [0.15, 0.2) is 431 Å². The largest absolute Gasteiger partial charge is 0.292 e. The van der Waals surface area contributed by atoms with Crippen LogP contribution in [0.5, 0.6) is 0 Å². The molecule has 6 heterocycles. The highest BCUT2D eigenvalue weighted by molar-refractivity contribution is 7.23. The van der Waals surface area contributed by atoms with Gasteiger partial charge < -0.3 is 0 Å². The van der Waals surface area contributed by atoms with E-state index in [4.69, 9.17) is 59.8 Å². The van der Waals surface area contributed by atoms with Gasteiger partial charge in [0.25, 0.3) is 0 Å². The second-order valence-corrected chi connectivity index (χ2v) is 33.4. The Morgan fingerprint density at radius 1 is 0.186 bits per heavy atom. The van der Waals surface area contributed by atoms with Crippen LogP contribution in [0, 0.1) is 0 Å². The lowest BCUT2D eigenvalue weighted by Gasteiger charge is -2.12. The number of hydrogen-bond donors (Lipinski definition) is 0. The minimum absolute atomic E-state index is 0.637. The predicted molar refractivity (Wildman–Crippen MR) is 531 cm³/mol. The molecule has 0 radical (unpaired) electrons. The molecule has 0 N–H and O–H groups in total. The molecular formula is C114H71N13S2. The molecule has 0 unspecified atom stereocenters. The summed E-state index contributed by atoms with van der Waals surface area (Å²) in [6, 6.07) is 148. The highest BCUT2D eigenvalue weighted by atomic mass is 32.1. The molecule has 0 fully saturated rings. The molecule has 19 aromatic carbocycles. The van der Waals surface area contributed by atoms with Crippen molar-refractivity contribution in [3.63, 3.8) is 0 Å². The zero-order valence-corrected chi connectivity index (χ0v) is 70.8. The van der Waals surface area contributed by atoms with Gasteiger partial charge in [-0.1, -0.05) is 382 Å². The molecule has 0 atom stereocenters. The van der Waals surface area contributed by atoms with Gasteiger partial charge in [0.1, 0.15) is 15.8 Å². The fraction of sp³-hybridized carbons (Fsp3) is 0. The van der Waals surface area contributed by atoms with Crippen molar-refractivity contribution in [2.45, 2.75) is 0 Å². The van der Waals surface area contributed by atoms with Crippen molar-refractivity contribution in [1.29, 1.82) is 0 Å². The van der Waals surface area contributed by atoms with E-state index in [1.807, 2.05) is 206 Å². The van der Waals surface area contributed by atoms with Gasteiger partial charge in [0.2, 0.25) is 0 Å². The quantitative estimate of drug-likeness (QED) is 0.101. The van der Waals surface area contributed by atoms with Crippen LogP contribution in [-0.2, 0) is 0 Å². The summed E-state index contributed by atoms with van der Waals surface area (Å²) < 4.78 is 4.64. The van der Waals surface area contributed by atoms with Crippen molar-refractivity contribution in [2.75, 3.05) is 0 Å². The number of nitrogens with zero attached hydrogens (tertiary/aromatic N) is 13. The molecule has 25 rings (SSSR count).